The van der Waals surface area contributed by atoms with Gasteiger partial charge in [0.1, 0.15) is 6.10 Å². The van der Waals surface area contributed by atoms with E-state index in [0.29, 0.717) is 0 Å². The molecule has 0 aliphatic carbocycles. The van der Waals surface area contributed by atoms with Gasteiger partial charge in [0.05, 0.1) is 0 Å². The predicted octanol–water partition coefficient (Wildman–Crippen LogP) is -1.95. The van der Waals surface area contributed by atoms with Crippen LogP contribution in [0.3, 0.4) is 0 Å². The highest BCUT2D eigenvalue weighted by Crippen LogP contribution is 1.74. The van der Waals surface area contributed by atoms with Crippen molar-refractivity contribution < 1.29 is 9.90 Å². The molecule has 4 nitrogen and oxygen atoms in total. The average molecular weight is 118 g/mol. The van der Waals surface area contributed by atoms with Gasteiger partial charge in [-0.05, 0) is 0 Å². The maximum Gasteiger partial charge on any atom is 0.249 e. The zero-order valence-electron chi connectivity index (χ0n) is 4.72. The molecule has 0 spiro atoms. The molecule has 1 atom stereocenters. The Morgan fingerprint density at radius 3 is 2.62 bits per heavy atom. The van der Waals surface area contributed by atoms with Gasteiger partial charge in [0.15, 0.2) is 0 Å². The van der Waals surface area contributed by atoms with Crippen LogP contribution in [-0.2, 0) is 4.79 Å². The Balaban J connectivity index is 3.46. The van der Waals surface area contributed by atoms with Gasteiger partial charge in [0.2, 0.25) is 5.91 Å². The lowest BCUT2D eigenvalue weighted by atomic mass is 10.3. The van der Waals surface area contributed by atoms with Crippen LogP contribution in [0.2, 0.25) is 0 Å². The number of nitrogens with two attached hydrogens (primary N) is 1. The SMILES string of the molecule is CNC(=O)C(O)CN. The molecular weight excluding hydrogens is 108 g/mol. The minimum Gasteiger partial charge on any atom is -0.382 e. The number of hydrogen-bond donors (Lipinski definition) is 3. The van der Waals surface area contributed by atoms with E-state index in [1.807, 2.05) is 0 Å². The van der Waals surface area contributed by atoms with Crippen molar-refractivity contribution in [2.45, 2.75) is 6.10 Å². The molecule has 0 aromatic carbocycles. The lowest BCUT2D eigenvalue weighted by Crippen LogP contribution is -2.37. The van der Waals surface area contributed by atoms with E-state index in [0.717, 1.165) is 0 Å². The monoisotopic (exact) mass is 118 g/mol. The standard InChI is InChI=1S/C4H10N2O2/c1-6-4(8)3(7)2-5/h3,7H,2,5H2,1H3,(H,6,8). The molecule has 1 unspecified atom stereocenters. The van der Waals surface area contributed by atoms with Crippen LogP contribution in [0, 0.1) is 0 Å². The summed E-state index contributed by atoms with van der Waals surface area (Å²) >= 11 is 0. The Morgan fingerprint density at radius 1 is 2.00 bits per heavy atom. The van der Waals surface area contributed by atoms with Crippen LogP contribution in [0.25, 0.3) is 0 Å². The molecule has 0 aromatic rings. The molecule has 0 rings (SSSR count). The molecule has 4 N–H and O–H groups in total. The van der Waals surface area contributed by atoms with E-state index in [4.69, 9.17) is 10.8 Å². The summed E-state index contributed by atoms with van der Waals surface area (Å²) in [5.41, 5.74) is 4.94. The predicted molar refractivity (Wildman–Crippen MR) is 29.1 cm³/mol. The fraction of sp³-hybridized carbons (Fsp3) is 0.750. The van der Waals surface area contributed by atoms with E-state index in [2.05, 4.69) is 5.32 Å². The zero-order chi connectivity index (χ0) is 6.57. The van der Waals surface area contributed by atoms with Crippen molar-refractivity contribution in [3.63, 3.8) is 0 Å². The summed E-state index contributed by atoms with van der Waals surface area (Å²) in [6.07, 6.45) is -1.06. The lowest BCUT2D eigenvalue weighted by molar-refractivity contribution is -0.128. The van der Waals surface area contributed by atoms with Crippen molar-refractivity contribution in [1.82, 2.24) is 5.32 Å². The molecule has 0 aliphatic heterocycles. The summed E-state index contributed by atoms with van der Waals surface area (Å²) in [7, 11) is 1.45. The fourth-order valence-electron chi connectivity index (χ4n) is 0.274. The summed E-state index contributed by atoms with van der Waals surface area (Å²) < 4.78 is 0. The Labute approximate surface area is 47.7 Å². The molecule has 0 saturated carbocycles. The number of amides is 1. The highest BCUT2D eigenvalue weighted by atomic mass is 16.3. The molecule has 0 saturated heterocycles. The van der Waals surface area contributed by atoms with Gasteiger partial charge in [-0.15, -0.1) is 0 Å². The van der Waals surface area contributed by atoms with Gasteiger partial charge < -0.3 is 16.2 Å². The Bertz CT molecular complexity index is 84.1. The van der Waals surface area contributed by atoms with Crippen LogP contribution < -0.4 is 11.1 Å². The molecule has 1 amide bonds. The van der Waals surface area contributed by atoms with Crippen LogP contribution >= 0.6 is 0 Å². The Hall–Kier alpha value is -0.610. The van der Waals surface area contributed by atoms with Crippen LogP contribution in [0.15, 0.2) is 0 Å². The summed E-state index contributed by atoms with van der Waals surface area (Å²) in [6, 6.07) is 0. The molecule has 0 aliphatic rings. The van der Waals surface area contributed by atoms with Gasteiger partial charge in [-0.3, -0.25) is 4.79 Å². The first-order valence-corrected chi connectivity index (χ1v) is 2.32. The minimum absolute atomic E-state index is 0.0281. The Kier molecular flexibility index (Phi) is 3.14. The first kappa shape index (κ1) is 7.39. The number of hydrogen-bond acceptors (Lipinski definition) is 3. The number of carbonyl (C=O) groups is 1. The average Bonchev–Trinajstić information content (AvgIpc) is 1.84. The number of aliphatic hydroxyl groups excluding tert-OH is 1. The third-order valence-electron chi connectivity index (χ3n) is 0.772. The smallest absolute Gasteiger partial charge is 0.249 e. The number of likely N-dealkylation sites (N-methyl/N-ethyl adjacent to an activating group) is 1. The van der Waals surface area contributed by atoms with Crippen molar-refractivity contribution in [2.75, 3.05) is 13.6 Å². The third-order valence-corrected chi connectivity index (χ3v) is 0.772. The quantitative estimate of drug-likeness (QED) is 0.394. The van der Waals surface area contributed by atoms with Gasteiger partial charge in [-0.2, -0.15) is 0 Å². The molecule has 0 radical (unpaired) electrons. The normalized spacial score (nSPS) is 12.9. The number of nitrogens with one attached hydrogen (secondary N) is 1. The van der Waals surface area contributed by atoms with Gasteiger partial charge in [0, 0.05) is 13.6 Å². The van der Waals surface area contributed by atoms with Gasteiger partial charge >= 0.3 is 0 Å². The van der Waals surface area contributed by atoms with E-state index in [1.54, 1.807) is 0 Å². The molecule has 0 heterocycles. The first-order valence-electron chi connectivity index (χ1n) is 2.32. The van der Waals surface area contributed by atoms with Crippen molar-refractivity contribution in [2.24, 2.45) is 5.73 Å². The largest absolute Gasteiger partial charge is 0.382 e. The van der Waals surface area contributed by atoms with E-state index < -0.39 is 12.0 Å². The van der Waals surface area contributed by atoms with Gasteiger partial charge in [0.25, 0.3) is 0 Å². The molecule has 0 fully saturated rings. The topological polar surface area (TPSA) is 75.3 Å². The molecule has 48 valence electrons. The minimum atomic E-state index is -1.06. The molecule has 8 heavy (non-hydrogen) atoms. The highest BCUT2D eigenvalue weighted by molar-refractivity contribution is 5.80. The van der Waals surface area contributed by atoms with Gasteiger partial charge in [-0.25, -0.2) is 0 Å². The number of aliphatic hydroxyl groups is 1. The molecule has 4 heteroatoms. The maximum atomic E-state index is 10.3. The first-order chi connectivity index (χ1) is 3.72. The summed E-state index contributed by atoms with van der Waals surface area (Å²) in [4.78, 5) is 10.3. The van der Waals surface area contributed by atoms with Crippen molar-refractivity contribution in [3.8, 4) is 0 Å². The van der Waals surface area contributed by atoms with E-state index >= 15 is 0 Å². The summed E-state index contributed by atoms with van der Waals surface area (Å²) in [6.45, 7) is -0.0281. The van der Waals surface area contributed by atoms with E-state index in [-0.39, 0.29) is 6.54 Å². The molecule has 0 bridgehead atoms. The lowest BCUT2D eigenvalue weighted by Gasteiger charge is -2.02. The third kappa shape index (κ3) is 1.90. The number of rotatable bonds is 2. The second-order valence-electron chi connectivity index (χ2n) is 1.37. The molecule has 0 aromatic heterocycles. The van der Waals surface area contributed by atoms with Crippen LogP contribution in [0.1, 0.15) is 0 Å². The fourth-order valence-corrected chi connectivity index (χ4v) is 0.274. The summed E-state index contributed by atoms with van der Waals surface area (Å²) in [5, 5.41) is 10.8. The zero-order valence-corrected chi connectivity index (χ0v) is 4.72. The van der Waals surface area contributed by atoms with Crippen molar-refractivity contribution in [3.05, 3.63) is 0 Å². The molecular formula is C4H10N2O2. The van der Waals surface area contributed by atoms with Crippen molar-refractivity contribution in [1.29, 1.82) is 0 Å². The van der Waals surface area contributed by atoms with Crippen LogP contribution in [0.4, 0.5) is 0 Å². The van der Waals surface area contributed by atoms with Crippen LogP contribution in [-0.4, -0.2) is 30.7 Å². The number of carbonyl (C=O) groups excluding carboxylic acids is 1. The highest BCUT2D eigenvalue weighted by Gasteiger charge is 2.08. The second kappa shape index (κ2) is 3.40. The Morgan fingerprint density at radius 2 is 2.50 bits per heavy atom. The van der Waals surface area contributed by atoms with E-state index in [9.17, 15) is 4.79 Å². The summed E-state index contributed by atoms with van der Waals surface area (Å²) in [5.74, 6) is -0.437. The van der Waals surface area contributed by atoms with E-state index in [1.165, 1.54) is 7.05 Å². The maximum absolute atomic E-state index is 10.3. The van der Waals surface area contributed by atoms with Crippen molar-refractivity contribution >= 4 is 5.91 Å². The van der Waals surface area contributed by atoms with Crippen LogP contribution in [0.5, 0.6) is 0 Å². The van der Waals surface area contributed by atoms with Gasteiger partial charge in [-0.1, -0.05) is 0 Å². The second-order valence-corrected chi connectivity index (χ2v) is 1.37.